The molecule has 0 aliphatic carbocycles. The molecule has 3 nitrogen and oxygen atoms in total. The summed E-state index contributed by atoms with van der Waals surface area (Å²) in [5.41, 5.74) is 5.84. The van der Waals surface area contributed by atoms with Crippen LogP contribution in [0.1, 0.15) is 38.4 Å². The van der Waals surface area contributed by atoms with Gasteiger partial charge in [0.2, 0.25) is 0 Å². The largest absolute Gasteiger partial charge is 0.278 e. The first-order valence-electron chi connectivity index (χ1n) is 7.77. The van der Waals surface area contributed by atoms with Crippen molar-refractivity contribution >= 4 is 5.91 Å². The van der Waals surface area contributed by atoms with Crippen LogP contribution in [-0.4, -0.2) is 15.7 Å². The van der Waals surface area contributed by atoms with Gasteiger partial charge in [0.15, 0.2) is 0 Å². The van der Waals surface area contributed by atoms with Gasteiger partial charge in [0, 0.05) is 23.2 Å². The highest BCUT2D eigenvalue weighted by atomic mass is 16.2. The summed E-state index contributed by atoms with van der Waals surface area (Å²) in [6.45, 7) is 5.88. The Balaban J connectivity index is 1.98. The second kappa shape index (κ2) is 6.21. The second-order valence-corrected chi connectivity index (χ2v) is 5.84. The van der Waals surface area contributed by atoms with Crippen LogP contribution >= 0.6 is 0 Å². The van der Waals surface area contributed by atoms with Crippen LogP contribution in [0.5, 0.6) is 0 Å². The van der Waals surface area contributed by atoms with E-state index >= 15 is 0 Å². The molecule has 116 valence electrons. The molecule has 3 aromatic rings. The number of aryl methyl sites for hydroxylation is 2. The molecule has 2 aromatic carbocycles. The zero-order valence-corrected chi connectivity index (χ0v) is 13.7. The number of rotatable bonds is 3. The van der Waals surface area contributed by atoms with Gasteiger partial charge >= 0.3 is 0 Å². The van der Waals surface area contributed by atoms with Crippen molar-refractivity contribution in [3.63, 3.8) is 0 Å². The maximum Gasteiger partial charge on any atom is 0.278 e. The first kappa shape index (κ1) is 15.2. The van der Waals surface area contributed by atoms with Gasteiger partial charge in [0.1, 0.15) is 0 Å². The summed E-state index contributed by atoms with van der Waals surface area (Å²) in [6, 6.07) is 17.9. The number of benzene rings is 2. The van der Waals surface area contributed by atoms with Gasteiger partial charge in [-0.05, 0) is 38.0 Å². The summed E-state index contributed by atoms with van der Waals surface area (Å²) in [6.07, 6.45) is 0.791. The molecule has 1 aromatic heterocycles. The van der Waals surface area contributed by atoms with E-state index in [2.05, 4.69) is 17.2 Å². The Labute approximate surface area is 136 Å². The van der Waals surface area contributed by atoms with E-state index in [9.17, 15) is 4.79 Å². The molecule has 0 amide bonds. The highest BCUT2D eigenvalue weighted by Gasteiger charge is 2.19. The van der Waals surface area contributed by atoms with E-state index in [1.807, 2.05) is 63.2 Å². The van der Waals surface area contributed by atoms with Crippen molar-refractivity contribution < 1.29 is 4.79 Å². The quantitative estimate of drug-likeness (QED) is 0.730. The topological polar surface area (TPSA) is 34.9 Å². The molecule has 0 aliphatic rings. The van der Waals surface area contributed by atoms with Crippen molar-refractivity contribution in [1.29, 1.82) is 0 Å². The van der Waals surface area contributed by atoms with Crippen molar-refractivity contribution in [2.24, 2.45) is 0 Å². The van der Waals surface area contributed by atoms with Crippen LogP contribution in [0.3, 0.4) is 0 Å². The maximum absolute atomic E-state index is 12.8. The van der Waals surface area contributed by atoms with Crippen molar-refractivity contribution in [1.82, 2.24) is 9.78 Å². The van der Waals surface area contributed by atoms with Gasteiger partial charge in [-0.1, -0.05) is 48.5 Å². The van der Waals surface area contributed by atoms with E-state index in [-0.39, 0.29) is 5.91 Å². The SMILES string of the molecule is Cc1ccccc1C(=O)n1nc(C)c(Cc2ccccc2)c1C. The lowest BCUT2D eigenvalue weighted by molar-refractivity contribution is 0.0941. The lowest BCUT2D eigenvalue weighted by atomic mass is 10.0. The monoisotopic (exact) mass is 304 g/mol. The average molecular weight is 304 g/mol. The van der Waals surface area contributed by atoms with Crippen LogP contribution < -0.4 is 0 Å². The average Bonchev–Trinajstić information content (AvgIpc) is 2.84. The Morgan fingerprint density at radius 3 is 2.30 bits per heavy atom. The van der Waals surface area contributed by atoms with E-state index in [1.165, 1.54) is 10.2 Å². The van der Waals surface area contributed by atoms with Gasteiger partial charge in [-0.15, -0.1) is 0 Å². The number of hydrogen-bond donors (Lipinski definition) is 0. The lowest BCUT2D eigenvalue weighted by Crippen LogP contribution is -2.16. The molecule has 0 atom stereocenters. The maximum atomic E-state index is 12.8. The first-order chi connectivity index (χ1) is 11.1. The normalized spacial score (nSPS) is 10.7. The van der Waals surface area contributed by atoms with Gasteiger partial charge in [0.05, 0.1) is 5.69 Å². The van der Waals surface area contributed by atoms with Crippen LogP contribution in [-0.2, 0) is 6.42 Å². The smallest absolute Gasteiger partial charge is 0.267 e. The van der Waals surface area contributed by atoms with Crippen LogP contribution in [0.15, 0.2) is 54.6 Å². The minimum atomic E-state index is -0.0667. The molecule has 0 aliphatic heterocycles. The third kappa shape index (κ3) is 2.95. The van der Waals surface area contributed by atoms with E-state index in [4.69, 9.17) is 0 Å². The molecule has 0 saturated carbocycles. The number of hydrogen-bond acceptors (Lipinski definition) is 2. The fourth-order valence-electron chi connectivity index (χ4n) is 2.86. The molecular formula is C20H20N2O. The molecule has 3 heteroatoms. The van der Waals surface area contributed by atoms with E-state index < -0.39 is 0 Å². The highest BCUT2D eigenvalue weighted by molar-refractivity contribution is 5.97. The van der Waals surface area contributed by atoms with Gasteiger partial charge in [0.25, 0.3) is 5.91 Å². The Morgan fingerprint density at radius 2 is 1.61 bits per heavy atom. The fraction of sp³-hybridized carbons (Fsp3) is 0.200. The molecule has 0 unspecified atom stereocenters. The Hall–Kier alpha value is -2.68. The summed E-state index contributed by atoms with van der Waals surface area (Å²) in [5, 5.41) is 4.49. The Morgan fingerprint density at radius 1 is 0.957 bits per heavy atom. The highest BCUT2D eigenvalue weighted by Crippen LogP contribution is 2.19. The van der Waals surface area contributed by atoms with Crippen molar-refractivity contribution in [3.05, 3.63) is 88.2 Å². The van der Waals surface area contributed by atoms with Crippen LogP contribution in [0.2, 0.25) is 0 Å². The minimum absolute atomic E-state index is 0.0667. The Bertz CT molecular complexity index is 847. The number of carbonyl (C=O) groups is 1. The minimum Gasteiger partial charge on any atom is -0.267 e. The zero-order chi connectivity index (χ0) is 16.4. The predicted octanol–water partition coefficient (Wildman–Crippen LogP) is 4.09. The third-order valence-corrected chi connectivity index (χ3v) is 4.23. The van der Waals surface area contributed by atoms with E-state index in [0.717, 1.165) is 28.9 Å². The summed E-state index contributed by atoms with van der Waals surface area (Å²) in [4.78, 5) is 12.8. The standard InChI is InChI=1S/C20H20N2O/c1-14-9-7-8-12-18(14)20(23)22-16(3)19(15(2)21-22)13-17-10-5-4-6-11-17/h4-12H,13H2,1-3H3. The molecule has 23 heavy (non-hydrogen) atoms. The van der Waals surface area contributed by atoms with Crippen LogP contribution in [0.4, 0.5) is 0 Å². The van der Waals surface area contributed by atoms with Gasteiger partial charge < -0.3 is 0 Å². The number of nitrogens with zero attached hydrogens (tertiary/aromatic N) is 2. The molecule has 3 rings (SSSR count). The van der Waals surface area contributed by atoms with Crippen molar-refractivity contribution in [2.75, 3.05) is 0 Å². The summed E-state index contributed by atoms with van der Waals surface area (Å²) in [7, 11) is 0. The molecule has 0 N–H and O–H groups in total. The molecular weight excluding hydrogens is 284 g/mol. The van der Waals surface area contributed by atoms with E-state index in [0.29, 0.717) is 5.56 Å². The summed E-state index contributed by atoms with van der Waals surface area (Å²) >= 11 is 0. The molecule has 0 bridgehead atoms. The van der Waals surface area contributed by atoms with Gasteiger partial charge in [-0.25, -0.2) is 4.68 Å². The second-order valence-electron chi connectivity index (χ2n) is 5.84. The van der Waals surface area contributed by atoms with Crippen molar-refractivity contribution in [3.8, 4) is 0 Å². The molecule has 0 fully saturated rings. The first-order valence-corrected chi connectivity index (χ1v) is 7.77. The van der Waals surface area contributed by atoms with Crippen LogP contribution in [0, 0.1) is 20.8 Å². The number of carbonyl (C=O) groups excluding carboxylic acids is 1. The van der Waals surface area contributed by atoms with Gasteiger partial charge in [-0.3, -0.25) is 4.79 Å². The summed E-state index contributed by atoms with van der Waals surface area (Å²) in [5.74, 6) is -0.0667. The van der Waals surface area contributed by atoms with Crippen LogP contribution in [0.25, 0.3) is 0 Å². The fourth-order valence-corrected chi connectivity index (χ4v) is 2.86. The molecule has 0 radical (unpaired) electrons. The van der Waals surface area contributed by atoms with E-state index in [1.54, 1.807) is 0 Å². The van der Waals surface area contributed by atoms with Crippen molar-refractivity contribution in [2.45, 2.75) is 27.2 Å². The lowest BCUT2D eigenvalue weighted by Gasteiger charge is -2.07. The molecule has 1 heterocycles. The predicted molar refractivity (Wildman–Crippen MR) is 91.9 cm³/mol. The zero-order valence-electron chi connectivity index (χ0n) is 13.7. The summed E-state index contributed by atoms with van der Waals surface area (Å²) < 4.78 is 1.54. The molecule has 0 spiro atoms. The number of aromatic nitrogens is 2. The molecule has 0 saturated heterocycles. The third-order valence-electron chi connectivity index (χ3n) is 4.23. The Kier molecular flexibility index (Phi) is 4.11. The van der Waals surface area contributed by atoms with Gasteiger partial charge in [-0.2, -0.15) is 5.10 Å².